The molecule has 140 valence electrons. The average Bonchev–Trinajstić information content (AvgIpc) is 3.10. The minimum Gasteiger partial charge on any atom is -0.496 e. The summed E-state index contributed by atoms with van der Waals surface area (Å²) in [4.78, 5) is 18.6. The fraction of sp³-hybridized carbons (Fsp3) is 0.526. The van der Waals surface area contributed by atoms with Crippen LogP contribution in [0.15, 0.2) is 28.8 Å². The number of piperidine rings is 1. The largest absolute Gasteiger partial charge is 0.496 e. The second-order valence-electron chi connectivity index (χ2n) is 7.42. The number of rotatable bonds is 3. The second kappa shape index (κ2) is 7.35. The molecule has 1 atom stereocenters. The molecule has 2 aromatic rings. The molecule has 7 nitrogen and oxygen atoms in total. The monoisotopic (exact) mass is 359 g/mol. The Balaban J connectivity index is 1.74. The predicted molar refractivity (Wildman–Crippen MR) is 96.1 cm³/mol. The van der Waals surface area contributed by atoms with Crippen LogP contribution in [0.25, 0.3) is 11.4 Å². The van der Waals surface area contributed by atoms with Crippen LogP contribution in [-0.4, -0.2) is 46.9 Å². The van der Waals surface area contributed by atoms with Crippen LogP contribution in [0.2, 0.25) is 0 Å². The zero-order valence-corrected chi connectivity index (χ0v) is 15.7. The summed E-state index contributed by atoms with van der Waals surface area (Å²) in [6.07, 6.45) is 1.47. The van der Waals surface area contributed by atoms with E-state index >= 15 is 0 Å². The van der Waals surface area contributed by atoms with Crippen LogP contribution in [0, 0.1) is 0 Å². The summed E-state index contributed by atoms with van der Waals surface area (Å²) in [5, 5.41) is 4.10. The van der Waals surface area contributed by atoms with Gasteiger partial charge < -0.3 is 18.9 Å². The number of carbonyl (C=O) groups excluding carboxylic acids is 1. The van der Waals surface area contributed by atoms with Crippen molar-refractivity contribution >= 4 is 6.09 Å². The minimum atomic E-state index is -0.508. The van der Waals surface area contributed by atoms with E-state index in [-0.39, 0.29) is 12.0 Å². The van der Waals surface area contributed by atoms with Crippen LogP contribution < -0.4 is 4.74 Å². The molecule has 1 aromatic heterocycles. The van der Waals surface area contributed by atoms with Crippen molar-refractivity contribution in [1.29, 1.82) is 0 Å². The smallest absolute Gasteiger partial charge is 0.410 e. The number of aromatic nitrogens is 2. The molecule has 7 heteroatoms. The van der Waals surface area contributed by atoms with Gasteiger partial charge in [0.05, 0.1) is 18.6 Å². The summed E-state index contributed by atoms with van der Waals surface area (Å²) in [7, 11) is 1.61. The van der Waals surface area contributed by atoms with Gasteiger partial charge in [0.25, 0.3) is 0 Å². The van der Waals surface area contributed by atoms with Gasteiger partial charge in [-0.2, -0.15) is 4.98 Å². The SMILES string of the molecule is COc1ccccc1-c1noc([C@H]2CCCN(C(=O)OC(C)(C)C)C2)n1. The fourth-order valence-electron chi connectivity index (χ4n) is 3.01. The van der Waals surface area contributed by atoms with Gasteiger partial charge in [-0.25, -0.2) is 4.79 Å². The van der Waals surface area contributed by atoms with Crippen molar-refractivity contribution in [2.24, 2.45) is 0 Å². The molecule has 1 amide bonds. The molecule has 0 N–H and O–H groups in total. The quantitative estimate of drug-likeness (QED) is 0.828. The Bertz CT molecular complexity index is 766. The van der Waals surface area contributed by atoms with Gasteiger partial charge in [-0.3, -0.25) is 0 Å². The third kappa shape index (κ3) is 4.15. The first-order chi connectivity index (χ1) is 12.4. The van der Waals surface area contributed by atoms with E-state index in [1.165, 1.54) is 0 Å². The van der Waals surface area contributed by atoms with E-state index in [1.807, 2.05) is 45.0 Å². The van der Waals surface area contributed by atoms with Crippen molar-refractivity contribution in [3.8, 4) is 17.1 Å². The molecule has 0 radical (unpaired) electrons. The van der Waals surface area contributed by atoms with E-state index in [4.69, 9.17) is 14.0 Å². The Morgan fingerprint density at radius 1 is 1.31 bits per heavy atom. The van der Waals surface area contributed by atoms with Crippen LogP contribution >= 0.6 is 0 Å². The molecule has 1 aliphatic rings. The van der Waals surface area contributed by atoms with Gasteiger partial charge in [-0.1, -0.05) is 17.3 Å². The number of hydrogen-bond acceptors (Lipinski definition) is 6. The normalized spacial score (nSPS) is 17.8. The van der Waals surface area contributed by atoms with Crippen LogP contribution in [0.3, 0.4) is 0 Å². The number of nitrogens with zero attached hydrogens (tertiary/aromatic N) is 3. The first-order valence-corrected chi connectivity index (χ1v) is 8.82. The first kappa shape index (κ1) is 18.2. The summed E-state index contributed by atoms with van der Waals surface area (Å²) in [6, 6.07) is 7.54. The van der Waals surface area contributed by atoms with Crippen molar-refractivity contribution in [3.05, 3.63) is 30.2 Å². The maximum absolute atomic E-state index is 12.3. The third-order valence-corrected chi connectivity index (χ3v) is 4.21. The number of carbonyl (C=O) groups is 1. The maximum atomic E-state index is 12.3. The lowest BCUT2D eigenvalue weighted by molar-refractivity contribution is 0.0189. The van der Waals surface area contributed by atoms with Gasteiger partial charge in [-0.05, 0) is 45.7 Å². The van der Waals surface area contributed by atoms with Gasteiger partial charge in [0.2, 0.25) is 11.7 Å². The van der Waals surface area contributed by atoms with Crippen LogP contribution in [0.5, 0.6) is 5.75 Å². The summed E-state index contributed by atoms with van der Waals surface area (Å²) >= 11 is 0. The number of benzene rings is 1. The number of methoxy groups -OCH3 is 1. The number of ether oxygens (including phenoxy) is 2. The zero-order chi connectivity index (χ0) is 18.7. The summed E-state index contributed by atoms with van der Waals surface area (Å²) in [6.45, 7) is 6.79. The van der Waals surface area contributed by atoms with Crippen LogP contribution in [0.4, 0.5) is 4.79 Å². The van der Waals surface area contributed by atoms with Gasteiger partial charge in [0.15, 0.2) is 0 Å². The molecule has 2 heterocycles. The van der Waals surface area contributed by atoms with Crippen molar-refractivity contribution < 1.29 is 18.8 Å². The van der Waals surface area contributed by atoms with E-state index in [0.29, 0.717) is 30.6 Å². The van der Waals surface area contributed by atoms with E-state index in [0.717, 1.165) is 18.4 Å². The first-order valence-electron chi connectivity index (χ1n) is 8.82. The Morgan fingerprint density at radius 3 is 2.81 bits per heavy atom. The lowest BCUT2D eigenvalue weighted by Gasteiger charge is -2.32. The van der Waals surface area contributed by atoms with Crippen LogP contribution in [0.1, 0.15) is 45.4 Å². The van der Waals surface area contributed by atoms with Crippen molar-refractivity contribution in [2.75, 3.05) is 20.2 Å². The van der Waals surface area contributed by atoms with Gasteiger partial charge in [0, 0.05) is 13.1 Å². The molecule has 0 unspecified atom stereocenters. The molecule has 1 fully saturated rings. The second-order valence-corrected chi connectivity index (χ2v) is 7.42. The lowest BCUT2D eigenvalue weighted by Crippen LogP contribution is -2.42. The van der Waals surface area contributed by atoms with E-state index in [9.17, 15) is 4.79 Å². The minimum absolute atomic E-state index is 0.00669. The highest BCUT2D eigenvalue weighted by atomic mass is 16.6. The van der Waals surface area contributed by atoms with Crippen LogP contribution in [-0.2, 0) is 4.74 Å². The molecular weight excluding hydrogens is 334 g/mol. The standard InChI is InChI=1S/C19H25N3O4/c1-19(2,3)25-18(23)22-11-7-8-13(12-22)17-20-16(21-26-17)14-9-5-6-10-15(14)24-4/h5-6,9-10,13H,7-8,11-12H2,1-4H3/t13-/m0/s1. The highest BCUT2D eigenvalue weighted by molar-refractivity contribution is 5.68. The molecule has 1 saturated heterocycles. The predicted octanol–water partition coefficient (Wildman–Crippen LogP) is 3.86. The van der Waals surface area contributed by atoms with Crippen molar-refractivity contribution in [2.45, 2.75) is 45.1 Å². The van der Waals surface area contributed by atoms with Crippen molar-refractivity contribution in [3.63, 3.8) is 0 Å². The summed E-state index contributed by atoms with van der Waals surface area (Å²) < 4.78 is 16.3. The third-order valence-electron chi connectivity index (χ3n) is 4.21. The molecule has 0 saturated carbocycles. The zero-order valence-electron chi connectivity index (χ0n) is 15.7. The number of amides is 1. The summed E-state index contributed by atoms with van der Waals surface area (Å²) in [5.41, 5.74) is 0.274. The van der Waals surface area contributed by atoms with Gasteiger partial charge in [-0.15, -0.1) is 0 Å². The molecule has 1 aromatic carbocycles. The topological polar surface area (TPSA) is 77.7 Å². The number of hydrogen-bond donors (Lipinski definition) is 0. The molecule has 26 heavy (non-hydrogen) atoms. The molecule has 0 spiro atoms. The lowest BCUT2D eigenvalue weighted by atomic mass is 9.98. The average molecular weight is 359 g/mol. The molecule has 1 aliphatic heterocycles. The molecule has 3 rings (SSSR count). The molecular formula is C19H25N3O4. The van der Waals surface area contributed by atoms with E-state index < -0.39 is 5.60 Å². The van der Waals surface area contributed by atoms with E-state index in [2.05, 4.69) is 10.1 Å². The molecule has 0 aliphatic carbocycles. The van der Waals surface area contributed by atoms with Gasteiger partial charge in [0.1, 0.15) is 11.4 Å². The Hall–Kier alpha value is -2.57. The number of para-hydroxylation sites is 1. The summed E-state index contributed by atoms with van der Waals surface area (Å²) in [5.74, 6) is 1.73. The Morgan fingerprint density at radius 2 is 2.08 bits per heavy atom. The van der Waals surface area contributed by atoms with E-state index in [1.54, 1.807) is 12.0 Å². The Kier molecular flexibility index (Phi) is 5.15. The molecule has 0 bridgehead atoms. The Labute approximate surface area is 153 Å². The number of likely N-dealkylation sites (tertiary alicyclic amines) is 1. The highest BCUT2D eigenvalue weighted by Gasteiger charge is 2.31. The highest BCUT2D eigenvalue weighted by Crippen LogP contribution is 2.31. The van der Waals surface area contributed by atoms with Gasteiger partial charge >= 0.3 is 6.09 Å². The maximum Gasteiger partial charge on any atom is 0.410 e. The fourth-order valence-corrected chi connectivity index (χ4v) is 3.01. The van der Waals surface area contributed by atoms with Crippen molar-refractivity contribution in [1.82, 2.24) is 15.0 Å².